The number of nitrogens with zero attached hydrogens (tertiary/aromatic N) is 1. The van der Waals surface area contributed by atoms with Crippen LogP contribution in [0.15, 0.2) is 5.18 Å². The average Bonchev–Trinajstić information content (AvgIpc) is 2.40. The summed E-state index contributed by atoms with van der Waals surface area (Å²) in [6.45, 7) is 6.13. The molecule has 0 aromatic carbocycles. The Morgan fingerprint density at radius 3 is 1.42 bits per heavy atom. The zero-order valence-corrected chi connectivity index (χ0v) is 13.5. The third-order valence-corrected chi connectivity index (χ3v) is 3.89. The Bertz CT molecular complexity index is 201. The lowest BCUT2D eigenvalue weighted by molar-refractivity contribution is 0.439. The maximum absolute atomic E-state index is 10.5. The van der Waals surface area contributed by atoms with Crippen molar-refractivity contribution in [3.63, 3.8) is 0 Å². The molecule has 0 bridgehead atoms. The van der Waals surface area contributed by atoms with Crippen LogP contribution in [-0.2, 0) is 0 Å². The summed E-state index contributed by atoms with van der Waals surface area (Å²) in [4.78, 5) is 10.5. The maximum atomic E-state index is 10.5. The number of nitroso groups, excluding NO2 is 1. The standard InChI is InChI=1S/C17H35NO/c1-4-5-6-7-8-9-10-11-12-13-14-15-16-17(2,3)18-19/h4-16H2,1-3H3. The molecule has 0 fully saturated rings. The van der Waals surface area contributed by atoms with Gasteiger partial charge >= 0.3 is 0 Å². The van der Waals surface area contributed by atoms with Crippen LogP contribution in [0.25, 0.3) is 0 Å². The summed E-state index contributed by atoms with van der Waals surface area (Å²) in [5.74, 6) is 0. The molecule has 0 aromatic heterocycles. The van der Waals surface area contributed by atoms with E-state index in [1.807, 2.05) is 13.8 Å². The second-order valence-corrected chi connectivity index (χ2v) is 6.54. The highest BCUT2D eigenvalue weighted by Gasteiger charge is 2.16. The minimum Gasteiger partial charge on any atom is -0.150 e. The Labute approximate surface area is 120 Å². The van der Waals surface area contributed by atoms with Crippen LogP contribution in [0.4, 0.5) is 0 Å². The molecule has 0 unspecified atom stereocenters. The summed E-state index contributed by atoms with van der Waals surface area (Å²) >= 11 is 0. The average molecular weight is 269 g/mol. The molecule has 0 spiro atoms. The van der Waals surface area contributed by atoms with E-state index in [0.717, 1.165) is 12.8 Å². The van der Waals surface area contributed by atoms with E-state index in [-0.39, 0.29) is 5.54 Å². The van der Waals surface area contributed by atoms with Crippen molar-refractivity contribution >= 4 is 0 Å². The second-order valence-electron chi connectivity index (χ2n) is 6.54. The summed E-state index contributed by atoms with van der Waals surface area (Å²) < 4.78 is 0. The number of hydrogen-bond donors (Lipinski definition) is 0. The lowest BCUT2D eigenvalue weighted by Gasteiger charge is -2.14. The van der Waals surface area contributed by atoms with Gasteiger partial charge in [0.1, 0.15) is 0 Å². The zero-order valence-electron chi connectivity index (χ0n) is 13.5. The van der Waals surface area contributed by atoms with Crippen LogP contribution < -0.4 is 0 Å². The van der Waals surface area contributed by atoms with E-state index >= 15 is 0 Å². The van der Waals surface area contributed by atoms with Crippen molar-refractivity contribution in [2.45, 2.75) is 110 Å². The van der Waals surface area contributed by atoms with E-state index in [1.165, 1.54) is 70.6 Å². The molecule has 0 aliphatic carbocycles. The number of hydrogen-bond acceptors (Lipinski definition) is 2. The maximum Gasteiger partial charge on any atom is 0.0970 e. The van der Waals surface area contributed by atoms with Crippen LogP contribution in [0.2, 0.25) is 0 Å². The zero-order chi connectivity index (χ0) is 14.4. The van der Waals surface area contributed by atoms with Gasteiger partial charge in [0.2, 0.25) is 0 Å². The molecule has 0 saturated heterocycles. The van der Waals surface area contributed by atoms with Crippen molar-refractivity contribution in [2.75, 3.05) is 0 Å². The Hall–Kier alpha value is -0.400. The van der Waals surface area contributed by atoms with Gasteiger partial charge in [0.15, 0.2) is 0 Å². The minimum atomic E-state index is -0.349. The van der Waals surface area contributed by atoms with E-state index < -0.39 is 0 Å². The van der Waals surface area contributed by atoms with Gasteiger partial charge in [-0.15, -0.1) is 0 Å². The highest BCUT2D eigenvalue weighted by Crippen LogP contribution is 2.19. The smallest absolute Gasteiger partial charge is 0.0970 e. The van der Waals surface area contributed by atoms with Gasteiger partial charge in [0.25, 0.3) is 0 Å². The van der Waals surface area contributed by atoms with Crippen molar-refractivity contribution < 1.29 is 0 Å². The SMILES string of the molecule is CCCCCCCCCCCCCCC(C)(C)N=O. The normalized spacial score (nSPS) is 11.7. The molecular weight excluding hydrogens is 234 g/mol. The van der Waals surface area contributed by atoms with Crippen LogP contribution in [0.5, 0.6) is 0 Å². The van der Waals surface area contributed by atoms with Gasteiger partial charge in [-0.05, 0) is 20.3 Å². The summed E-state index contributed by atoms with van der Waals surface area (Å²) in [5.41, 5.74) is -0.349. The molecule has 0 amide bonds. The molecule has 0 N–H and O–H groups in total. The fraction of sp³-hybridized carbons (Fsp3) is 1.00. The molecule has 0 atom stereocenters. The quantitative estimate of drug-likeness (QED) is 0.257. The monoisotopic (exact) mass is 269 g/mol. The molecule has 2 nitrogen and oxygen atoms in total. The fourth-order valence-corrected chi connectivity index (χ4v) is 2.44. The summed E-state index contributed by atoms with van der Waals surface area (Å²) in [5, 5.41) is 3.16. The van der Waals surface area contributed by atoms with Crippen molar-refractivity contribution in [3.8, 4) is 0 Å². The van der Waals surface area contributed by atoms with Crippen LogP contribution in [0.3, 0.4) is 0 Å². The number of rotatable bonds is 14. The van der Waals surface area contributed by atoms with E-state index in [0.29, 0.717) is 0 Å². The topological polar surface area (TPSA) is 29.4 Å². The van der Waals surface area contributed by atoms with Crippen LogP contribution in [0.1, 0.15) is 104 Å². The molecule has 0 rings (SSSR count). The molecule has 0 saturated carbocycles. The van der Waals surface area contributed by atoms with Crippen LogP contribution in [-0.4, -0.2) is 5.54 Å². The lowest BCUT2D eigenvalue weighted by Crippen LogP contribution is -2.14. The fourth-order valence-electron chi connectivity index (χ4n) is 2.44. The predicted octanol–water partition coefficient (Wildman–Crippen LogP) is 6.62. The van der Waals surface area contributed by atoms with Crippen molar-refractivity contribution in [1.82, 2.24) is 0 Å². The summed E-state index contributed by atoms with van der Waals surface area (Å²) in [7, 11) is 0. The number of unbranched alkanes of at least 4 members (excludes halogenated alkanes) is 11. The van der Waals surface area contributed by atoms with Crippen LogP contribution >= 0.6 is 0 Å². The molecule has 0 radical (unpaired) electrons. The van der Waals surface area contributed by atoms with Gasteiger partial charge in [0.05, 0.1) is 5.54 Å². The largest absolute Gasteiger partial charge is 0.150 e. The summed E-state index contributed by atoms with van der Waals surface area (Å²) in [6, 6.07) is 0. The predicted molar refractivity (Wildman–Crippen MR) is 85.6 cm³/mol. The third-order valence-electron chi connectivity index (χ3n) is 3.89. The molecule has 2 heteroatoms. The highest BCUT2D eigenvalue weighted by molar-refractivity contribution is 4.75. The lowest BCUT2D eigenvalue weighted by atomic mass is 9.97. The van der Waals surface area contributed by atoms with E-state index in [1.54, 1.807) is 0 Å². The van der Waals surface area contributed by atoms with Crippen molar-refractivity contribution in [3.05, 3.63) is 4.91 Å². The van der Waals surface area contributed by atoms with Gasteiger partial charge in [-0.2, -0.15) is 4.91 Å². The molecule has 19 heavy (non-hydrogen) atoms. The second kappa shape index (κ2) is 12.6. The Morgan fingerprint density at radius 1 is 0.684 bits per heavy atom. The highest BCUT2D eigenvalue weighted by atomic mass is 16.3. The first kappa shape index (κ1) is 18.6. The van der Waals surface area contributed by atoms with Gasteiger partial charge in [0, 0.05) is 0 Å². The van der Waals surface area contributed by atoms with Gasteiger partial charge in [-0.25, -0.2) is 0 Å². The Kier molecular flexibility index (Phi) is 12.4. The molecule has 114 valence electrons. The first-order chi connectivity index (χ1) is 9.12. The van der Waals surface area contributed by atoms with Gasteiger partial charge in [-0.1, -0.05) is 89.2 Å². The van der Waals surface area contributed by atoms with E-state index in [4.69, 9.17) is 0 Å². The molecule has 0 aliphatic heterocycles. The molecule has 0 aromatic rings. The van der Waals surface area contributed by atoms with E-state index in [9.17, 15) is 4.91 Å². The molecule has 0 heterocycles. The van der Waals surface area contributed by atoms with Gasteiger partial charge in [-0.3, -0.25) is 0 Å². The minimum absolute atomic E-state index is 0.349. The molecule has 0 aliphatic rings. The van der Waals surface area contributed by atoms with Crippen molar-refractivity contribution in [1.29, 1.82) is 0 Å². The summed E-state index contributed by atoms with van der Waals surface area (Å²) in [6.07, 6.45) is 17.3. The van der Waals surface area contributed by atoms with Crippen LogP contribution in [0, 0.1) is 4.91 Å². The Balaban J connectivity index is 3.09. The molecular formula is C17H35NO. The van der Waals surface area contributed by atoms with Gasteiger partial charge < -0.3 is 0 Å². The third kappa shape index (κ3) is 13.8. The van der Waals surface area contributed by atoms with Crippen molar-refractivity contribution in [2.24, 2.45) is 5.18 Å². The Morgan fingerprint density at radius 2 is 1.05 bits per heavy atom. The first-order valence-electron chi connectivity index (χ1n) is 8.47. The van der Waals surface area contributed by atoms with E-state index in [2.05, 4.69) is 12.1 Å². The first-order valence-corrected chi connectivity index (χ1v) is 8.47.